The van der Waals surface area contributed by atoms with E-state index in [0.717, 1.165) is 10.5 Å². The SMILES string of the molecule is Cc1cccc(NC(=O)CCn2cnc3sccc3c2=O)n1. The third kappa shape index (κ3) is 3.04. The molecule has 0 bridgehead atoms. The second-order valence-electron chi connectivity index (χ2n) is 4.84. The zero-order chi connectivity index (χ0) is 15.5. The van der Waals surface area contributed by atoms with Gasteiger partial charge in [0.25, 0.3) is 5.56 Å². The first-order valence-corrected chi connectivity index (χ1v) is 7.67. The number of aromatic nitrogens is 3. The van der Waals surface area contributed by atoms with E-state index in [2.05, 4.69) is 15.3 Å². The van der Waals surface area contributed by atoms with E-state index >= 15 is 0 Å². The first kappa shape index (κ1) is 14.4. The largest absolute Gasteiger partial charge is 0.311 e. The fourth-order valence-electron chi connectivity index (χ4n) is 2.09. The molecule has 0 fully saturated rings. The van der Waals surface area contributed by atoms with Crippen LogP contribution in [0.1, 0.15) is 12.1 Å². The summed E-state index contributed by atoms with van der Waals surface area (Å²) in [6.45, 7) is 2.15. The zero-order valence-corrected chi connectivity index (χ0v) is 12.8. The number of rotatable bonds is 4. The molecular formula is C15H14N4O2S. The number of hydrogen-bond acceptors (Lipinski definition) is 5. The van der Waals surface area contributed by atoms with E-state index in [0.29, 0.717) is 11.2 Å². The van der Waals surface area contributed by atoms with Gasteiger partial charge in [-0.25, -0.2) is 9.97 Å². The molecule has 0 unspecified atom stereocenters. The van der Waals surface area contributed by atoms with E-state index in [-0.39, 0.29) is 24.4 Å². The summed E-state index contributed by atoms with van der Waals surface area (Å²) in [5.41, 5.74) is 0.717. The van der Waals surface area contributed by atoms with Crippen LogP contribution in [0.5, 0.6) is 0 Å². The molecule has 0 radical (unpaired) electrons. The van der Waals surface area contributed by atoms with Gasteiger partial charge in [-0.3, -0.25) is 14.2 Å². The number of thiophene rings is 1. The summed E-state index contributed by atoms with van der Waals surface area (Å²) >= 11 is 1.43. The Morgan fingerprint density at radius 2 is 2.23 bits per heavy atom. The highest BCUT2D eigenvalue weighted by molar-refractivity contribution is 7.16. The summed E-state index contributed by atoms with van der Waals surface area (Å²) in [6.07, 6.45) is 1.67. The molecule has 0 spiro atoms. The molecule has 0 saturated carbocycles. The van der Waals surface area contributed by atoms with Gasteiger partial charge in [0.15, 0.2) is 0 Å². The van der Waals surface area contributed by atoms with Crippen LogP contribution in [-0.4, -0.2) is 20.4 Å². The van der Waals surface area contributed by atoms with Gasteiger partial charge >= 0.3 is 0 Å². The van der Waals surface area contributed by atoms with Gasteiger partial charge in [-0.05, 0) is 30.5 Å². The third-order valence-corrected chi connectivity index (χ3v) is 4.01. The monoisotopic (exact) mass is 314 g/mol. The van der Waals surface area contributed by atoms with Gasteiger partial charge in [0.2, 0.25) is 5.91 Å². The van der Waals surface area contributed by atoms with Crippen molar-refractivity contribution in [2.45, 2.75) is 19.9 Å². The van der Waals surface area contributed by atoms with Crippen molar-refractivity contribution in [1.82, 2.24) is 14.5 Å². The van der Waals surface area contributed by atoms with E-state index in [9.17, 15) is 9.59 Å². The fraction of sp³-hybridized carbons (Fsp3) is 0.200. The molecule has 0 aromatic carbocycles. The molecule has 112 valence electrons. The van der Waals surface area contributed by atoms with Crippen LogP contribution in [-0.2, 0) is 11.3 Å². The Labute approximate surface area is 130 Å². The molecule has 1 N–H and O–H groups in total. The molecular weight excluding hydrogens is 300 g/mol. The second-order valence-corrected chi connectivity index (χ2v) is 5.74. The Morgan fingerprint density at radius 1 is 1.36 bits per heavy atom. The maximum atomic E-state index is 12.2. The standard InChI is InChI=1S/C15H14N4O2S/c1-10-3-2-4-12(17-10)18-13(20)5-7-19-9-16-14-11(15(19)21)6-8-22-14/h2-4,6,8-9H,5,7H2,1H3,(H,17,18,20). The number of fused-ring (bicyclic) bond motifs is 1. The molecule has 6 nitrogen and oxygen atoms in total. The molecule has 3 aromatic rings. The van der Waals surface area contributed by atoms with Crippen molar-refractivity contribution < 1.29 is 4.79 Å². The topological polar surface area (TPSA) is 76.9 Å². The number of carbonyl (C=O) groups excluding carboxylic acids is 1. The van der Waals surface area contributed by atoms with Gasteiger partial charge in [-0.1, -0.05) is 6.07 Å². The first-order valence-electron chi connectivity index (χ1n) is 6.79. The van der Waals surface area contributed by atoms with E-state index in [1.54, 1.807) is 12.1 Å². The average molecular weight is 314 g/mol. The van der Waals surface area contributed by atoms with Crippen LogP contribution in [0, 0.1) is 6.92 Å². The highest BCUT2D eigenvalue weighted by Gasteiger charge is 2.08. The Bertz CT molecular complexity index is 884. The molecule has 22 heavy (non-hydrogen) atoms. The van der Waals surface area contributed by atoms with Crippen molar-refractivity contribution in [3.8, 4) is 0 Å². The normalized spacial score (nSPS) is 10.8. The van der Waals surface area contributed by atoms with Crippen LogP contribution in [0.25, 0.3) is 10.2 Å². The fourth-order valence-corrected chi connectivity index (χ4v) is 2.82. The summed E-state index contributed by atoms with van der Waals surface area (Å²) in [6, 6.07) is 7.17. The minimum atomic E-state index is -0.185. The van der Waals surface area contributed by atoms with E-state index < -0.39 is 0 Å². The van der Waals surface area contributed by atoms with Crippen LogP contribution in [0.15, 0.2) is 40.8 Å². The van der Waals surface area contributed by atoms with Crippen LogP contribution >= 0.6 is 11.3 Å². The van der Waals surface area contributed by atoms with Gasteiger partial charge in [0, 0.05) is 18.7 Å². The van der Waals surface area contributed by atoms with E-state index in [1.165, 1.54) is 22.2 Å². The van der Waals surface area contributed by atoms with Gasteiger partial charge in [0.05, 0.1) is 11.7 Å². The number of carbonyl (C=O) groups is 1. The Kier molecular flexibility index (Phi) is 3.97. The van der Waals surface area contributed by atoms with Crippen molar-refractivity contribution >= 4 is 33.3 Å². The highest BCUT2D eigenvalue weighted by atomic mass is 32.1. The maximum Gasteiger partial charge on any atom is 0.262 e. The molecule has 3 aromatic heterocycles. The van der Waals surface area contributed by atoms with E-state index in [4.69, 9.17) is 0 Å². The summed E-state index contributed by atoms with van der Waals surface area (Å²) < 4.78 is 1.46. The van der Waals surface area contributed by atoms with Crippen molar-refractivity contribution in [3.63, 3.8) is 0 Å². The molecule has 3 rings (SSSR count). The number of nitrogens with zero attached hydrogens (tertiary/aromatic N) is 3. The lowest BCUT2D eigenvalue weighted by molar-refractivity contribution is -0.116. The first-order chi connectivity index (χ1) is 10.6. The molecule has 3 heterocycles. The average Bonchev–Trinajstić information content (AvgIpc) is 2.96. The van der Waals surface area contributed by atoms with Crippen molar-refractivity contribution in [2.24, 2.45) is 0 Å². The summed E-state index contributed by atoms with van der Waals surface area (Å²) in [5, 5.41) is 5.14. The number of anilines is 1. The van der Waals surface area contributed by atoms with Crippen LogP contribution in [0.3, 0.4) is 0 Å². The number of nitrogens with one attached hydrogen (secondary N) is 1. The predicted octanol–water partition coefficient (Wildman–Crippen LogP) is 2.19. The van der Waals surface area contributed by atoms with Crippen LogP contribution in [0.4, 0.5) is 5.82 Å². The lowest BCUT2D eigenvalue weighted by Gasteiger charge is -2.07. The Hall–Kier alpha value is -2.54. The third-order valence-electron chi connectivity index (χ3n) is 3.19. The minimum absolute atomic E-state index is 0.118. The van der Waals surface area contributed by atoms with Crippen LogP contribution < -0.4 is 10.9 Å². The molecule has 0 aliphatic heterocycles. The lowest BCUT2D eigenvalue weighted by atomic mass is 10.3. The minimum Gasteiger partial charge on any atom is -0.311 e. The zero-order valence-electron chi connectivity index (χ0n) is 11.9. The molecule has 7 heteroatoms. The van der Waals surface area contributed by atoms with Gasteiger partial charge in [0.1, 0.15) is 10.6 Å². The second kappa shape index (κ2) is 6.07. The van der Waals surface area contributed by atoms with Crippen molar-refractivity contribution in [2.75, 3.05) is 5.32 Å². The maximum absolute atomic E-state index is 12.2. The van der Waals surface area contributed by atoms with Crippen molar-refractivity contribution in [3.05, 3.63) is 52.0 Å². The Balaban J connectivity index is 1.67. The van der Waals surface area contributed by atoms with Crippen LogP contribution in [0.2, 0.25) is 0 Å². The molecule has 0 aliphatic rings. The summed E-state index contributed by atoms with van der Waals surface area (Å²) in [4.78, 5) is 33.3. The Morgan fingerprint density at radius 3 is 3.05 bits per heavy atom. The smallest absolute Gasteiger partial charge is 0.262 e. The molecule has 1 amide bonds. The number of amides is 1. The molecule has 0 atom stereocenters. The molecule has 0 aliphatic carbocycles. The summed E-state index contributed by atoms with van der Waals surface area (Å²) in [7, 11) is 0. The van der Waals surface area contributed by atoms with Gasteiger partial charge in [-0.2, -0.15) is 0 Å². The quantitative estimate of drug-likeness (QED) is 0.801. The van der Waals surface area contributed by atoms with Gasteiger partial charge < -0.3 is 5.32 Å². The predicted molar refractivity (Wildman–Crippen MR) is 86.1 cm³/mol. The lowest BCUT2D eigenvalue weighted by Crippen LogP contribution is -2.23. The highest BCUT2D eigenvalue weighted by Crippen LogP contribution is 2.13. The number of pyridine rings is 1. The molecule has 0 saturated heterocycles. The summed E-state index contributed by atoms with van der Waals surface area (Å²) in [5.74, 6) is 0.333. The van der Waals surface area contributed by atoms with E-state index in [1.807, 2.05) is 24.4 Å². The van der Waals surface area contributed by atoms with Crippen molar-refractivity contribution in [1.29, 1.82) is 0 Å². The van der Waals surface area contributed by atoms with Gasteiger partial charge in [-0.15, -0.1) is 11.3 Å². The number of aryl methyl sites for hydroxylation is 2. The number of hydrogen-bond donors (Lipinski definition) is 1.